The van der Waals surface area contributed by atoms with E-state index in [1.165, 1.54) is 6.20 Å². The van der Waals surface area contributed by atoms with Gasteiger partial charge in [-0.25, -0.2) is 4.79 Å². The monoisotopic (exact) mass is 326 g/mol. The van der Waals surface area contributed by atoms with Crippen LogP contribution in [0.25, 0.3) is 0 Å². The van der Waals surface area contributed by atoms with Gasteiger partial charge in [-0.2, -0.15) is 0 Å². The molecule has 126 valence electrons. The third kappa shape index (κ3) is 5.19. The van der Waals surface area contributed by atoms with Gasteiger partial charge in [-0.1, -0.05) is 30.3 Å². The molecule has 2 aromatic rings. The van der Waals surface area contributed by atoms with Crippen molar-refractivity contribution >= 4 is 12.4 Å². The average Bonchev–Trinajstić information content (AvgIpc) is 2.53. The lowest BCUT2D eigenvalue weighted by Gasteiger charge is -2.24. The predicted molar refractivity (Wildman–Crippen MR) is 91.9 cm³/mol. The Labute approximate surface area is 142 Å². The van der Waals surface area contributed by atoms with Crippen molar-refractivity contribution in [1.82, 2.24) is 10.3 Å². The highest BCUT2D eigenvalue weighted by Gasteiger charge is 2.22. The predicted octanol–water partition coefficient (Wildman–Crippen LogP) is 3.70. The van der Waals surface area contributed by atoms with Crippen molar-refractivity contribution in [2.24, 2.45) is 0 Å². The first kappa shape index (κ1) is 17.7. The minimum Gasteiger partial charge on any atom is -0.444 e. The lowest BCUT2D eigenvalue weighted by atomic mass is 9.96. The van der Waals surface area contributed by atoms with E-state index in [-0.39, 0.29) is 6.04 Å². The lowest BCUT2D eigenvalue weighted by Crippen LogP contribution is -2.36. The van der Waals surface area contributed by atoms with Gasteiger partial charge in [0.15, 0.2) is 6.29 Å². The highest BCUT2D eigenvalue weighted by atomic mass is 16.6. The van der Waals surface area contributed by atoms with Crippen LogP contribution in [0.4, 0.5) is 4.79 Å². The molecule has 5 heteroatoms. The van der Waals surface area contributed by atoms with Crippen molar-refractivity contribution in [2.45, 2.75) is 38.8 Å². The molecule has 1 atom stereocenters. The molecule has 1 aromatic heterocycles. The zero-order chi connectivity index (χ0) is 17.6. The van der Waals surface area contributed by atoms with E-state index in [1.54, 1.807) is 12.3 Å². The third-order valence-electron chi connectivity index (χ3n) is 3.36. The molecule has 2 rings (SSSR count). The van der Waals surface area contributed by atoms with Crippen LogP contribution in [0, 0.1) is 0 Å². The summed E-state index contributed by atoms with van der Waals surface area (Å²) in [7, 11) is 0. The number of carbonyl (C=O) groups is 2. The van der Waals surface area contributed by atoms with E-state index in [0.717, 1.165) is 17.4 Å². The number of amides is 1. The van der Waals surface area contributed by atoms with E-state index in [1.807, 2.05) is 51.1 Å². The highest BCUT2D eigenvalue weighted by Crippen LogP contribution is 2.21. The first-order chi connectivity index (χ1) is 11.4. The number of nitrogens with one attached hydrogen (secondary N) is 1. The number of carbonyl (C=O) groups excluding carboxylic acids is 2. The largest absolute Gasteiger partial charge is 0.444 e. The van der Waals surface area contributed by atoms with Gasteiger partial charge in [0.25, 0.3) is 0 Å². The Kier molecular flexibility index (Phi) is 5.68. The number of ether oxygens (including phenoxy) is 1. The van der Waals surface area contributed by atoms with Crippen molar-refractivity contribution in [3.8, 4) is 0 Å². The first-order valence-corrected chi connectivity index (χ1v) is 7.81. The molecule has 1 heterocycles. The summed E-state index contributed by atoms with van der Waals surface area (Å²) in [6, 6.07) is 11.1. The first-order valence-electron chi connectivity index (χ1n) is 7.81. The average molecular weight is 326 g/mol. The van der Waals surface area contributed by atoms with Gasteiger partial charge in [-0.3, -0.25) is 9.78 Å². The molecule has 0 radical (unpaired) electrons. The number of aldehydes is 1. The number of aromatic nitrogens is 1. The summed E-state index contributed by atoms with van der Waals surface area (Å²) in [5.41, 5.74) is 1.63. The maximum Gasteiger partial charge on any atom is 0.408 e. The maximum absolute atomic E-state index is 12.2. The fraction of sp³-hybridized carbons (Fsp3) is 0.316. The van der Waals surface area contributed by atoms with Crippen LogP contribution in [0.3, 0.4) is 0 Å². The zero-order valence-corrected chi connectivity index (χ0v) is 14.2. The number of nitrogens with zero attached hydrogens (tertiary/aromatic N) is 1. The van der Waals surface area contributed by atoms with Crippen molar-refractivity contribution in [1.29, 1.82) is 0 Å². The number of alkyl carbamates (subject to hydrolysis) is 1. The van der Waals surface area contributed by atoms with Crippen molar-refractivity contribution in [3.63, 3.8) is 0 Å². The Morgan fingerprint density at radius 3 is 2.58 bits per heavy atom. The third-order valence-corrected chi connectivity index (χ3v) is 3.36. The minimum atomic E-state index is -0.590. The van der Waals surface area contributed by atoms with Crippen molar-refractivity contribution < 1.29 is 14.3 Å². The molecule has 0 aliphatic carbocycles. The summed E-state index contributed by atoms with van der Waals surface area (Å²) in [5, 5.41) is 2.87. The van der Waals surface area contributed by atoms with Crippen LogP contribution < -0.4 is 5.32 Å². The summed E-state index contributed by atoms with van der Waals surface area (Å²) in [4.78, 5) is 27.5. The van der Waals surface area contributed by atoms with Crippen LogP contribution in [0.2, 0.25) is 0 Å². The molecule has 0 saturated heterocycles. The summed E-state index contributed by atoms with van der Waals surface area (Å²) in [6.07, 6.45) is 3.88. The molecule has 0 aliphatic rings. The van der Waals surface area contributed by atoms with Gasteiger partial charge in [-0.15, -0.1) is 0 Å². The molecule has 1 amide bonds. The fourth-order valence-corrected chi connectivity index (χ4v) is 2.37. The van der Waals surface area contributed by atoms with Gasteiger partial charge in [0, 0.05) is 18.0 Å². The normalized spacial score (nSPS) is 12.3. The van der Waals surface area contributed by atoms with E-state index in [9.17, 15) is 9.59 Å². The van der Waals surface area contributed by atoms with Crippen LogP contribution in [0.5, 0.6) is 0 Å². The Balaban J connectivity index is 2.27. The topological polar surface area (TPSA) is 68.3 Å². The second kappa shape index (κ2) is 7.73. The molecule has 24 heavy (non-hydrogen) atoms. The molecule has 0 saturated carbocycles. The highest BCUT2D eigenvalue weighted by molar-refractivity contribution is 5.77. The van der Waals surface area contributed by atoms with Crippen LogP contribution >= 0.6 is 0 Å². The molecule has 5 nitrogen and oxygen atoms in total. The summed E-state index contributed by atoms with van der Waals surface area (Å²) in [6.45, 7) is 5.42. The molecule has 0 bridgehead atoms. The Hall–Kier alpha value is -2.69. The molecular formula is C19H22N2O3. The van der Waals surface area contributed by atoms with E-state index in [2.05, 4.69) is 10.3 Å². The van der Waals surface area contributed by atoms with Crippen molar-refractivity contribution in [2.75, 3.05) is 0 Å². The minimum absolute atomic E-state index is 0.384. The zero-order valence-electron chi connectivity index (χ0n) is 14.2. The number of hydrogen-bond donors (Lipinski definition) is 1. The second-order valence-electron chi connectivity index (χ2n) is 6.51. The number of rotatable bonds is 5. The van der Waals surface area contributed by atoms with Crippen molar-refractivity contribution in [3.05, 3.63) is 65.5 Å². The molecular weight excluding hydrogens is 304 g/mol. The number of benzene rings is 1. The van der Waals surface area contributed by atoms with Crippen LogP contribution in [0.1, 0.15) is 48.3 Å². The molecule has 1 unspecified atom stereocenters. The van der Waals surface area contributed by atoms with E-state index < -0.39 is 11.7 Å². The number of pyridine rings is 1. The van der Waals surface area contributed by atoms with Gasteiger partial charge >= 0.3 is 6.09 Å². The lowest BCUT2D eigenvalue weighted by molar-refractivity contribution is 0.0502. The Morgan fingerprint density at radius 1 is 1.25 bits per heavy atom. The second-order valence-corrected chi connectivity index (χ2v) is 6.51. The smallest absolute Gasteiger partial charge is 0.408 e. The fourth-order valence-electron chi connectivity index (χ4n) is 2.37. The van der Waals surface area contributed by atoms with Gasteiger partial charge in [0.2, 0.25) is 0 Å². The van der Waals surface area contributed by atoms with Crippen LogP contribution in [-0.2, 0) is 11.2 Å². The van der Waals surface area contributed by atoms with Gasteiger partial charge in [0.1, 0.15) is 5.60 Å². The summed E-state index contributed by atoms with van der Waals surface area (Å²) < 4.78 is 5.35. The molecule has 0 aliphatic heterocycles. The quantitative estimate of drug-likeness (QED) is 0.851. The Morgan fingerprint density at radius 2 is 1.96 bits per heavy atom. The van der Waals surface area contributed by atoms with Crippen LogP contribution in [0.15, 0.2) is 48.8 Å². The number of hydrogen-bond acceptors (Lipinski definition) is 4. The van der Waals surface area contributed by atoms with Gasteiger partial charge in [0.05, 0.1) is 6.04 Å². The van der Waals surface area contributed by atoms with E-state index in [4.69, 9.17) is 4.74 Å². The van der Waals surface area contributed by atoms with E-state index in [0.29, 0.717) is 12.0 Å². The SMILES string of the molecule is CC(C)(C)OC(=O)NC(Cc1ccccc1)c1ccncc1C=O. The molecule has 1 aromatic carbocycles. The molecule has 0 fully saturated rings. The standard InChI is InChI=1S/C19H22N2O3/c1-19(2,3)24-18(23)21-17(11-14-7-5-4-6-8-14)16-9-10-20-12-15(16)13-22/h4-10,12-13,17H,11H2,1-3H3,(H,21,23). The van der Waals surface area contributed by atoms with Gasteiger partial charge in [-0.05, 0) is 44.4 Å². The Bertz CT molecular complexity index is 693. The van der Waals surface area contributed by atoms with E-state index >= 15 is 0 Å². The maximum atomic E-state index is 12.2. The van der Waals surface area contributed by atoms with Gasteiger partial charge < -0.3 is 10.1 Å². The summed E-state index contributed by atoms with van der Waals surface area (Å²) >= 11 is 0. The molecule has 1 N–H and O–H groups in total. The summed E-state index contributed by atoms with van der Waals surface area (Å²) in [5.74, 6) is 0. The molecule has 0 spiro atoms. The van der Waals surface area contributed by atoms with Crippen LogP contribution in [-0.4, -0.2) is 23.0 Å².